The summed E-state index contributed by atoms with van der Waals surface area (Å²) in [6, 6.07) is 11.3. The molecule has 42 heavy (non-hydrogen) atoms. The van der Waals surface area contributed by atoms with Gasteiger partial charge in [0.25, 0.3) is 5.91 Å². The van der Waals surface area contributed by atoms with Crippen molar-refractivity contribution < 1.29 is 23.9 Å². The lowest BCUT2D eigenvalue weighted by atomic mass is 9.83. The largest absolute Gasteiger partial charge is 0.489 e. The predicted molar refractivity (Wildman–Crippen MR) is 152 cm³/mol. The molecule has 5 aliphatic heterocycles. The summed E-state index contributed by atoms with van der Waals surface area (Å²) in [5.41, 5.74) is 3.74. The number of nitrogens with zero attached hydrogens (tertiary/aromatic N) is 5. The number of hydrogen-bond acceptors (Lipinski definition) is 9. The quantitative estimate of drug-likeness (QED) is 0.446. The highest BCUT2D eigenvalue weighted by Gasteiger charge is 2.52. The van der Waals surface area contributed by atoms with Crippen LogP contribution in [0.3, 0.4) is 0 Å². The van der Waals surface area contributed by atoms with Crippen molar-refractivity contribution in [3.05, 3.63) is 59.3 Å². The van der Waals surface area contributed by atoms with E-state index in [2.05, 4.69) is 38.3 Å². The number of hydrogen-bond donors (Lipinski definition) is 1. The van der Waals surface area contributed by atoms with Crippen LogP contribution in [0.4, 0.5) is 5.95 Å². The van der Waals surface area contributed by atoms with Crippen molar-refractivity contribution in [1.82, 2.24) is 25.1 Å². The van der Waals surface area contributed by atoms with Crippen molar-refractivity contribution in [3.8, 4) is 5.75 Å². The maximum Gasteiger partial charge on any atom is 0.255 e. The molecule has 6 heterocycles. The van der Waals surface area contributed by atoms with E-state index in [9.17, 15) is 14.4 Å². The maximum absolute atomic E-state index is 13.0. The summed E-state index contributed by atoms with van der Waals surface area (Å²) in [6.07, 6.45) is 4.64. The number of nitrogens with one attached hydrogen (secondary N) is 1. The second kappa shape index (κ2) is 9.74. The molecule has 0 bridgehead atoms. The van der Waals surface area contributed by atoms with E-state index in [-0.39, 0.29) is 29.9 Å². The van der Waals surface area contributed by atoms with Gasteiger partial charge in [-0.05, 0) is 60.7 Å². The molecule has 2 unspecified atom stereocenters. The third-order valence-electron chi connectivity index (χ3n) is 9.42. The minimum Gasteiger partial charge on any atom is -0.489 e. The van der Waals surface area contributed by atoms with Crippen molar-refractivity contribution >= 4 is 34.6 Å². The van der Waals surface area contributed by atoms with Gasteiger partial charge in [0, 0.05) is 56.3 Å². The average Bonchev–Trinajstić information content (AvgIpc) is 3.50. The monoisotopic (exact) mass is 568 g/mol. The maximum atomic E-state index is 13.0. The molecule has 0 aliphatic carbocycles. The molecular formula is C31H32N6O5. The summed E-state index contributed by atoms with van der Waals surface area (Å²) in [4.78, 5) is 52.6. The minimum atomic E-state index is -0.617. The van der Waals surface area contributed by atoms with Crippen LogP contribution in [0.1, 0.15) is 47.2 Å². The summed E-state index contributed by atoms with van der Waals surface area (Å²) in [7, 11) is 0. The number of carbonyl (C=O) groups is 3. The Hall–Kier alpha value is -4.09. The molecule has 11 heteroatoms. The van der Waals surface area contributed by atoms with Crippen molar-refractivity contribution in [2.75, 3.05) is 37.7 Å². The van der Waals surface area contributed by atoms with Crippen LogP contribution in [0.15, 0.2) is 42.6 Å². The van der Waals surface area contributed by atoms with Gasteiger partial charge in [0.1, 0.15) is 17.9 Å². The van der Waals surface area contributed by atoms with Gasteiger partial charge < -0.3 is 19.3 Å². The molecule has 11 nitrogen and oxygen atoms in total. The zero-order valence-corrected chi connectivity index (χ0v) is 23.3. The fourth-order valence-electron chi connectivity index (χ4n) is 6.90. The van der Waals surface area contributed by atoms with Crippen LogP contribution < -0.4 is 15.0 Å². The second-order valence-electron chi connectivity index (χ2n) is 12.2. The van der Waals surface area contributed by atoms with Crippen molar-refractivity contribution in [3.63, 3.8) is 0 Å². The van der Waals surface area contributed by atoms with E-state index in [0.29, 0.717) is 18.5 Å². The van der Waals surface area contributed by atoms with Gasteiger partial charge >= 0.3 is 0 Å². The summed E-state index contributed by atoms with van der Waals surface area (Å²) in [6.45, 7) is 5.43. The van der Waals surface area contributed by atoms with E-state index >= 15 is 0 Å². The number of piperidine rings is 1. The smallest absolute Gasteiger partial charge is 0.255 e. The highest BCUT2D eigenvalue weighted by atomic mass is 16.5. The number of rotatable bonds is 6. The van der Waals surface area contributed by atoms with E-state index in [4.69, 9.17) is 14.5 Å². The summed E-state index contributed by atoms with van der Waals surface area (Å²) in [5, 5.41) is 3.39. The van der Waals surface area contributed by atoms with Gasteiger partial charge in [-0.3, -0.25) is 24.6 Å². The molecule has 216 valence electrons. The molecule has 3 aromatic rings. The number of fused-ring (bicyclic) bond motifs is 2. The molecule has 3 amide bonds. The Morgan fingerprint density at radius 2 is 1.98 bits per heavy atom. The zero-order valence-electron chi connectivity index (χ0n) is 23.3. The topological polar surface area (TPSA) is 117 Å². The number of ether oxygens (including phenoxy) is 2. The van der Waals surface area contributed by atoms with Gasteiger partial charge in [-0.2, -0.15) is 0 Å². The molecule has 4 saturated heterocycles. The summed E-state index contributed by atoms with van der Waals surface area (Å²) >= 11 is 0. The van der Waals surface area contributed by atoms with E-state index in [0.717, 1.165) is 80.4 Å². The number of likely N-dealkylation sites (tertiary alicyclic amines) is 1. The molecular weight excluding hydrogens is 536 g/mol. The van der Waals surface area contributed by atoms with Gasteiger partial charge in [-0.25, -0.2) is 9.97 Å². The van der Waals surface area contributed by atoms with Crippen LogP contribution >= 0.6 is 0 Å². The Bertz CT molecular complexity index is 1620. The fraction of sp³-hybridized carbons (Fsp3) is 0.452. The fourth-order valence-corrected chi connectivity index (χ4v) is 6.90. The Labute approximate surface area is 242 Å². The number of amides is 3. The van der Waals surface area contributed by atoms with Crippen LogP contribution in [0.25, 0.3) is 10.9 Å². The first-order valence-corrected chi connectivity index (χ1v) is 14.7. The van der Waals surface area contributed by atoms with Crippen LogP contribution in [0.2, 0.25) is 0 Å². The number of aromatic nitrogens is 2. The number of benzene rings is 2. The van der Waals surface area contributed by atoms with Gasteiger partial charge in [0.15, 0.2) is 0 Å². The van der Waals surface area contributed by atoms with Crippen LogP contribution in [-0.2, 0) is 27.4 Å². The molecule has 1 aromatic heterocycles. The van der Waals surface area contributed by atoms with Crippen molar-refractivity contribution in [2.45, 2.75) is 56.5 Å². The van der Waals surface area contributed by atoms with Crippen molar-refractivity contribution in [2.24, 2.45) is 0 Å². The lowest BCUT2D eigenvalue weighted by molar-refractivity contribution is -0.136. The highest BCUT2D eigenvalue weighted by molar-refractivity contribution is 6.05. The molecule has 2 aromatic carbocycles. The van der Waals surface area contributed by atoms with Gasteiger partial charge in [0.2, 0.25) is 17.8 Å². The SMILES string of the molecule is O=C1CCC(N2Cc3cc(OC4CCN(Cc5ccc6nc(N7CCC78COC8)ncc6c5)C4)ccc3C2=O)C(=O)N1. The third-order valence-corrected chi connectivity index (χ3v) is 9.42. The first-order valence-electron chi connectivity index (χ1n) is 14.7. The Morgan fingerprint density at radius 1 is 1.07 bits per heavy atom. The van der Waals surface area contributed by atoms with E-state index in [1.54, 1.807) is 11.0 Å². The number of anilines is 1. The van der Waals surface area contributed by atoms with E-state index < -0.39 is 11.9 Å². The van der Waals surface area contributed by atoms with E-state index in [1.807, 2.05) is 18.3 Å². The summed E-state index contributed by atoms with van der Waals surface area (Å²) < 4.78 is 11.8. The molecule has 1 N–H and O–H groups in total. The van der Waals surface area contributed by atoms with Crippen LogP contribution in [0, 0.1) is 0 Å². The zero-order chi connectivity index (χ0) is 28.4. The third kappa shape index (κ3) is 4.30. The van der Waals surface area contributed by atoms with Crippen molar-refractivity contribution in [1.29, 1.82) is 0 Å². The Balaban J connectivity index is 0.886. The lowest BCUT2D eigenvalue weighted by Gasteiger charge is -2.57. The lowest BCUT2D eigenvalue weighted by Crippen LogP contribution is -2.71. The highest BCUT2D eigenvalue weighted by Crippen LogP contribution is 2.39. The van der Waals surface area contributed by atoms with Gasteiger partial charge in [-0.1, -0.05) is 6.07 Å². The molecule has 4 fully saturated rings. The number of carbonyl (C=O) groups excluding carboxylic acids is 3. The molecule has 8 rings (SSSR count). The molecule has 0 saturated carbocycles. The second-order valence-corrected chi connectivity index (χ2v) is 12.2. The Kier molecular flexibility index (Phi) is 5.94. The normalized spacial score (nSPS) is 25.0. The Morgan fingerprint density at radius 3 is 2.76 bits per heavy atom. The first-order chi connectivity index (χ1) is 20.4. The predicted octanol–water partition coefficient (Wildman–Crippen LogP) is 2.02. The first kappa shape index (κ1) is 25.6. The molecule has 2 atom stereocenters. The minimum absolute atomic E-state index is 0.0528. The van der Waals surface area contributed by atoms with E-state index in [1.165, 1.54) is 5.56 Å². The standard InChI is InChI=1S/C31H32N6O5/c38-27-6-5-26(28(39)34-27)36-15-21-12-22(2-3-24(21)29(36)40)42-23-7-9-35(16-23)14-19-1-4-25-20(11-19)13-32-30(33-25)37-10-8-31(37)17-41-18-31/h1-4,11-13,23,26H,5-10,14-18H2,(H,34,38,39). The summed E-state index contributed by atoms with van der Waals surface area (Å²) in [5.74, 6) is 0.666. The van der Waals surface area contributed by atoms with Gasteiger partial charge in [-0.15, -0.1) is 0 Å². The molecule has 1 spiro atoms. The van der Waals surface area contributed by atoms with Crippen LogP contribution in [-0.4, -0.2) is 88.0 Å². The average molecular weight is 569 g/mol. The number of imide groups is 1. The molecule has 5 aliphatic rings. The van der Waals surface area contributed by atoms with Crippen LogP contribution in [0.5, 0.6) is 5.75 Å². The van der Waals surface area contributed by atoms with Gasteiger partial charge in [0.05, 0.1) is 24.3 Å². The molecule has 0 radical (unpaired) electrons.